The predicted octanol–water partition coefficient (Wildman–Crippen LogP) is 5.29. The first-order chi connectivity index (χ1) is 14.1. The number of aromatic nitrogens is 1. The number of hydrogen-bond acceptors (Lipinski definition) is 4. The van der Waals surface area contributed by atoms with Crippen molar-refractivity contribution in [1.82, 2.24) is 10.3 Å². The van der Waals surface area contributed by atoms with Crippen LogP contribution in [0, 0.1) is 0 Å². The van der Waals surface area contributed by atoms with E-state index >= 15 is 0 Å². The van der Waals surface area contributed by atoms with Crippen molar-refractivity contribution in [3.8, 4) is 0 Å². The summed E-state index contributed by atoms with van der Waals surface area (Å²) in [5.74, 6) is -0.152. The average Bonchev–Trinajstić information content (AvgIpc) is 3.18. The molecule has 0 bridgehead atoms. The van der Waals surface area contributed by atoms with Crippen LogP contribution in [0.25, 0.3) is 22.0 Å². The van der Waals surface area contributed by atoms with Crippen molar-refractivity contribution in [2.45, 2.75) is 0 Å². The van der Waals surface area contributed by atoms with E-state index < -0.39 is 0 Å². The molecule has 4 aromatic rings. The Balaban J connectivity index is 1.72. The molecule has 29 heavy (non-hydrogen) atoms. The molecule has 0 aliphatic heterocycles. The van der Waals surface area contributed by atoms with Crippen molar-refractivity contribution in [2.75, 3.05) is 19.0 Å². The predicted molar refractivity (Wildman–Crippen MR) is 122 cm³/mol. The van der Waals surface area contributed by atoms with Crippen LogP contribution in [0.5, 0.6) is 0 Å². The minimum absolute atomic E-state index is 0.152. The Labute approximate surface area is 174 Å². The van der Waals surface area contributed by atoms with E-state index in [1.807, 2.05) is 74.8 Å². The number of rotatable bonds is 5. The van der Waals surface area contributed by atoms with Crippen molar-refractivity contribution in [1.29, 1.82) is 0 Å². The summed E-state index contributed by atoms with van der Waals surface area (Å²) < 4.78 is 1.09. The molecule has 0 aliphatic carbocycles. The third kappa shape index (κ3) is 4.36. The fourth-order valence-corrected chi connectivity index (χ4v) is 3.90. The highest BCUT2D eigenvalue weighted by Crippen LogP contribution is 2.27. The first kappa shape index (κ1) is 18.9. The fourth-order valence-electron chi connectivity index (χ4n) is 2.96. The van der Waals surface area contributed by atoms with Crippen molar-refractivity contribution in [2.24, 2.45) is 0 Å². The Morgan fingerprint density at radius 3 is 2.31 bits per heavy atom. The van der Waals surface area contributed by atoms with Gasteiger partial charge in [0.2, 0.25) is 0 Å². The number of nitrogens with zero attached hydrogens (tertiary/aromatic N) is 2. The first-order valence-corrected chi connectivity index (χ1v) is 10.1. The van der Waals surface area contributed by atoms with Crippen LogP contribution >= 0.6 is 11.3 Å². The summed E-state index contributed by atoms with van der Waals surface area (Å²) in [6, 6.07) is 25.4. The van der Waals surface area contributed by atoms with Gasteiger partial charge in [0.05, 0.1) is 15.9 Å². The van der Waals surface area contributed by atoms with Crippen molar-refractivity contribution in [3.63, 3.8) is 0 Å². The number of carbonyl (C=O) groups excluding carboxylic acids is 1. The van der Waals surface area contributed by atoms with Crippen molar-refractivity contribution < 1.29 is 4.79 Å². The van der Waals surface area contributed by atoms with Crippen LogP contribution in [0.3, 0.4) is 0 Å². The number of carbonyl (C=O) groups is 1. The summed E-state index contributed by atoms with van der Waals surface area (Å²) in [7, 11) is 4.02. The quantitative estimate of drug-likeness (QED) is 0.496. The maximum absolute atomic E-state index is 12.8. The second-order valence-electron chi connectivity index (χ2n) is 6.85. The monoisotopic (exact) mass is 399 g/mol. The molecule has 0 saturated heterocycles. The molecule has 0 radical (unpaired) electrons. The third-order valence-corrected chi connectivity index (χ3v) is 5.60. The van der Waals surface area contributed by atoms with Crippen molar-refractivity contribution >= 4 is 44.9 Å². The van der Waals surface area contributed by atoms with E-state index in [9.17, 15) is 4.79 Å². The third-order valence-electron chi connectivity index (χ3n) is 4.53. The second kappa shape index (κ2) is 8.29. The largest absolute Gasteiger partial charge is 0.378 e. The van der Waals surface area contributed by atoms with E-state index in [-0.39, 0.29) is 5.91 Å². The summed E-state index contributed by atoms with van der Waals surface area (Å²) in [4.78, 5) is 19.6. The molecule has 144 valence electrons. The molecule has 1 aromatic heterocycles. The van der Waals surface area contributed by atoms with E-state index in [1.165, 1.54) is 0 Å². The molecular weight excluding hydrogens is 378 g/mol. The molecule has 0 fully saturated rings. The smallest absolute Gasteiger partial charge is 0.255 e. The number of benzene rings is 3. The number of anilines is 1. The number of para-hydroxylation sites is 1. The zero-order valence-corrected chi connectivity index (χ0v) is 17.1. The zero-order valence-electron chi connectivity index (χ0n) is 16.3. The lowest BCUT2D eigenvalue weighted by molar-refractivity contribution is 0.0974. The van der Waals surface area contributed by atoms with Crippen molar-refractivity contribution in [3.05, 3.63) is 95.0 Å². The maximum atomic E-state index is 12.8. The molecule has 4 rings (SSSR count). The van der Waals surface area contributed by atoms with Crippen LogP contribution in [0.4, 0.5) is 5.69 Å². The molecule has 0 spiro atoms. The highest BCUT2D eigenvalue weighted by molar-refractivity contribution is 7.19. The molecule has 1 amide bonds. The summed E-state index contributed by atoms with van der Waals surface area (Å²) >= 11 is 1.57. The fraction of sp³-hybridized carbons (Fsp3) is 0.0833. The van der Waals surface area contributed by atoms with E-state index in [2.05, 4.69) is 22.3 Å². The molecule has 0 saturated carbocycles. The number of thiazole rings is 1. The Hall–Kier alpha value is -3.44. The SMILES string of the molecule is CN(C)c1ccc(C=C(NC(=O)c2ccccc2)c2nc3ccccc3s2)cc1. The van der Waals surface area contributed by atoms with Crippen LogP contribution in [0.2, 0.25) is 0 Å². The molecular formula is C24H21N3OS. The van der Waals surface area contributed by atoms with Crippen LogP contribution in [0.1, 0.15) is 20.9 Å². The molecule has 4 nitrogen and oxygen atoms in total. The lowest BCUT2D eigenvalue weighted by Gasteiger charge is -2.12. The minimum Gasteiger partial charge on any atom is -0.378 e. The summed E-state index contributed by atoms with van der Waals surface area (Å²) in [5, 5.41) is 3.84. The zero-order chi connectivity index (χ0) is 20.2. The standard InChI is InChI=1S/C24H21N3OS/c1-27(2)19-14-12-17(13-15-19)16-21(25-23(28)18-8-4-3-5-9-18)24-26-20-10-6-7-11-22(20)29-24/h3-16H,1-2H3,(H,25,28). The van der Waals surface area contributed by atoms with Crippen LogP contribution in [-0.4, -0.2) is 25.0 Å². The van der Waals surface area contributed by atoms with Gasteiger partial charge in [-0.25, -0.2) is 4.98 Å². The molecule has 0 aliphatic rings. The second-order valence-corrected chi connectivity index (χ2v) is 7.88. The molecule has 3 aromatic carbocycles. The van der Waals surface area contributed by atoms with Gasteiger partial charge in [-0.15, -0.1) is 11.3 Å². The van der Waals surface area contributed by atoms with Gasteiger partial charge in [-0.1, -0.05) is 42.5 Å². The molecule has 0 atom stereocenters. The van der Waals surface area contributed by atoms with Gasteiger partial charge < -0.3 is 10.2 Å². The van der Waals surface area contributed by atoms with Crippen LogP contribution < -0.4 is 10.2 Å². The Morgan fingerprint density at radius 1 is 0.931 bits per heavy atom. The van der Waals surface area contributed by atoms with E-state index in [4.69, 9.17) is 4.98 Å². The number of hydrogen-bond donors (Lipinski definition) is 1. The summed E-state index contributed by atoms with van der Waals surface area (Å²) in [5.41, 5.74) is 4.35. The van der Waals surface area contributed by atoms with E-state index in [1.54, 1.807) is 23.5 Å². The summed E-state index contributed by atoms with van der Waals surface area (Å²) in [6.07, 6.45) is 1.97. The van der Waals surface area contributed by atoms with Gasteiger partial charge in [-0.05, 0) is 48.0 Å². The molecule has 1 N–H and O–H groups in total. The molecule has 0 unspecified atom stereocenters. The van der Waals surface area contributed by atoms with Gasteiger partial charge in [-0.2, -0.15) is 0 Å². The normalized spacial score (nSPS) is 11.4. The Bertz CT molecular complexity index is 1130. The first-order valence-electron chi connectivity index (χ1n) is 9.31. The van der Waals surface area contributed by atoms with Crippen LogP contribution in [-0.2, 0) is 0 Å². The highest BCUT2D eigenvalue weighted by Gasteiger charge is 2.13. The van der Waals surface area contributed by atoms with Crippen LogP contribution in [0.15, 0.2) is 78.9 Å². The van der Waals surface area contributed by atoms with Gasteiger partial charge in [0, 0.05) is 25.3 Å². The average molecular weight is 400 g/mol. The van der Waals surface area contributed by atoms with Gasteiger partial charge in [0.1, 0.15) is 5.01 Å². The lowest BCUT2D eigenvalue weighted by Crippen LogP contribution is -2.21. The van der Waals surface area contributed by atoms with E-state index in [0.717, 1.165) is 26.5 Å². The van der Waals surface area contributed by atoms with Gasteiger partial charge in [0.15, 0.2) is 0 Å². The maximum Gasteiger partial charge on any atom is 0.255 e. The van der Waals surface area contributed by atoms with E-state index in [0.29, 0.717) is 11.3 Å². The highest BCUT2D eigenvalue weighted by atomic mass is 32.1. The number of nitrogens with one attached hydrogen (secondary N) is 1. The van der Waals surface area contributed by atoms with Gasteiger partial charge in [-0.3, -0.25) is 4.79 Å². The topological polar surface area (TPSA) is 45.2 Å². The van der Waals surface area contributed by atoms with Gasteiger partial charge in [0.25, 0.3) is 5.91 Å². The van der Waals surface area contributed by atoms with Gasteiger partial charge >= 0.3 is 0 Å². The molecule has 1 heterocycles. The minimum atomic E-state index is -0.152. The number of amides is 1. The number of fused-ring (bicyclic) bond motifs is 1. The Kier molecular flexibility index (Phi) is 5.40. The summed E-state index contributed by atoms with van der Waals surface area (Å²) in [6.45, 7) is 0. The Morgan fingerprint density at radius 2 is 1.62 bits per heavy atom. The lowest BCUT2D eigenvalue weighted by atomic mass is 10.1. The molecule has 5 heteroatoms.